The molecular weight excluding hydrogens is 604 g/mol. The maximum Gasteiger partial charge on any atom is 0.408 e. The van der Waals surface area contributed by atoms with Gasteiger partial charge in [0, 0.05) is 62.0 Å². The van der Waals surface area contributed by atoms with Gasteiger partial charge in [-0.3, -0.25) is 4.90 Å². The lowest BCUT2D eigenvalue weighted by Crippen LogP contribution is -2.55. The molecule has 3 aliphatic rings. The molecule has 3 aromatic carbocycles. The summed E-state index contributed by atoms with van der Waals surface area (Å²) >= 11 is 0. The first kappa shape index (κ1) is 31.5. The Labute approximate surface area is 281 Å². The molecule has 2 saturated heterocycles. The molecule has 248 valence electrons. The van der Waals surface area contributed by atoms with Crippen LogP contribution in [0.3, 0.4) is 0 Å². The zero-order valence-electron chi connectivity index (χ0n) is 27.6. The van der Waals surface area contributed by atoms with Gasteiger partial charge >= 0.3 is 6.09 Å². The third kappa shape index (κ3) is 6.40. The van der Waals surface area contributed by atoms with E-state index in [2.05, 4.69) is 88.3 Å². The summed E-state index contributed by atoms with van der Waals surface area (Å²) in [6.07, 6.45) is 1.99. The van der Waals surface area contributed by atoms with Crippen molar-refractivity contribution in [1.29, 1.82) is 5.26 Å². The van der Waals surface area contributed by atoms with Crippen molar-refractivity contribution in [3.8, 4) is 11.8 Å². The van der Waals surface area contributed by atoms with E-state index >= 15 is 0 Å². The molecule has 4 heterocycles. The zero-order chi connectivity index (χ0) is 33.2. The summed E-state index contributed by atoms with van der Waals surface area (Å²) in [6.45, 7) is 4.74. The molecule has 1 aromatic heterocycles. The largest absolute Gasteiger partial charge is 0.489 e. The number of aromatic nitrogens is 2. The molecule has 1 amide bonds. The number of benzene rings is 3. The summed E-state index contributed by atoms with van der Waals surface area (Å²) in [6, 6.07) is 24.7. The molecule has 0 aliphatic carbocycles. The van der Waals surface area contributed by atoms with Crippen molar-refractivity contribution in [2.24, 2.45) is 0 Å². The number of amides is 1. The number of anilines is 3. The van der Waals surface area contributed by atoms with Gasteiger partial charge in [-0.1, -0.05) is 54.6 Å². The van der Waals surface area contributed by atoms with Crippen LogP contribution in [0.1, 0.15) is 29.7 Å². The molecule has 0 bridgehead atoms. The summed E-state index contributed by atoms with van der Waals surface area (Å²) in [5.41, 5.74) is 4.25. The Morgan fingerprint density at radius 3 is 2.62 bits per heavy atom. The Morgan fingerprint density at radius 1 is 1.04 bits per heavy atom. The van der Waals surface area contributed by atoms with Crippen molar-refractivity contribution in [2.45, 2.75) is 44.5 Å². The molecule has 0 saturated carbocycles. The third-order valence-electron chi connectivity index (χ3n) is 10.0. The van der Waals surface area contributed by atoms with E-state index in [-0.39, 0.29) is 13.1 Å². The number of rotatable bonds is 8. The second-order valence-corrected chi connectivity index (χ2v) is 13.1. The predicted molar refractivity (Wildman–Crippen MR) is 187 cm³/mol. The summed E-state index contributed by atoms with van der Waals surface area (Å²) in [5, 5.41) is 21.8. The SMILES string of the molecule is CN(CC1CCCN1C)c1nc2c(c(N3CCN(C(=O)O)C(C#N)C3)n1)CCN(c1cc(OCc3ccccc3)cc3ccccc13)C2. The van der Waals surface area contributed by atoms with Crippen molar-refractivity contribution < 1.29 is 14.6 Å². The van der Waals surface area contributed by atoms with Gasteiger partial charge < -0.3 is 29.4 Å². The molecule has 48 heavy (non-hydrogen) atoms. The standard InChI is InChI=1S/C37H42N8O3/c1-41-15-8-12-28(41)22-42(2)36-39-33-24-43(16-14-32(33)35(40-36)44-17-18-45(37(46)47)29(21-38)23-44)34-20-30(19-27-11-6-7-13-31(27)34)48-25-26-9-4-3-5-10-26/h3-7,9-11,13,19-20,28-29H,8,12,14-18,22-25H2,1-2H3,(H,46,47). The topological polar surface area (TPSA) is 112 Å². The lowest BCUT2D eigenvalue weighted by atomic mass is 10.0. The molecule has 3 aliphatic heterocycles. The first-order valence-corrected chi connectivity index (χ1v) is 16.8. The maximum atomic E-state index is 11.8. The highest BCUT2D eigenvalue weighted by molar-refractivity contribution is 5.96. The minimum atomic E-state index is -1.06. The number of nitriles is 1. The Morgan fingerprint density at radius 2 is 1.85 bits per heavy atom. The molecule has 11 nitrogen and oxygen atoms in total. The van der Waals surface area contributed by atoms with Crippen molar-refractivity contribution in [3.05, 3.63) is 83.6 Å². The van der Waals surface area contributed by atoms with E-state index in [0.717, 1.165) is 77.3 Å². The highest BCUT2D eigenvalue weighted by Gasteiger charge is 2.34. The van der Waals surface area contributed by atoms with Crippen LogP contribution >= 0.6 is 0 Å². The number of carboxylic acid groups (broad SMARTS) is 1. The normalized spacial score (nSPS) is 19.6. The molecule has 2 unspecified atom stereocenters. The first-order chi connectivity index (χ1) is 23.4. The van der Waals surface area contributed by atoms with Crippen LogP contribution in [0.2, 0.25) is 0 Å². The first-order valence-electron chi connectivity index (χ1n) is 16.8. The fourth-order valence-electron chi connectivity index (χ4n) is 7.31. The number of nitrogens with zero attached hydrogens (tertiary/aromatic N) is 8. The maximum absolute atomic E-state index is 11.8. The third-order valence-corrected chi connectivity index (χ3v) is 10.0. The summed E-state index contributed by atoms with van der Waals surface area (Å²) in [4.78, 5) is 32.4. The number of likely N-dealkylation sites (N-methyl/N-ethyl adjacent to an activating group) is 2. The summed E-state index contributed by atoms with van der Waals surface area (Å²) < 4.78 is 6.33. The van der Waals surface area contributed by atoms with E-state index in [1.807, 2.05) is 18.2 Å². The van der Waals surface area contributed by atoms with Crippen LogP contribution in [0.5, 0.6) is 5.75 Å². The van der Waals surface area contributed by atoms with E-state index < -0.39 is 12.1 Å². The average molecular weight is 647 g/mol. The highest BCUT2D eigenvalue weighted by atomic mass is 16.5. The van der Waals surface area contributed by atoms with Gasteiger partial charge in [0.25, 0.3) is 0 Å². The molecule has 7 rings (SSSR count). The molecule has 0 radical (unpaired) electrons. The predicted octanol–water partition coefficient (Wildman–Crippen LogP) is 4.99. The molecular formula is C37H42N8O3. The number of hydrogen-bond acceptors (Lipinski definition) is 9. The van der Waals surface area contributed by atoms with E-state index in [1.54, 1.807) is 0 Å². The summed E-state index contributed by atoms with van der Waals surface area (Å²) in [5.74, 6) is 2.29. The van der Waals surface area contributed by atoms with Crippen LogP contribution in [-0.2, 0) is 19.6 Å². The lowest BCUT2D eigenvalue weighted by Gasteiger charge is -2.40. The molecule has 1 N–H and O–H groups in total. The second-order valence-electron chi connectivity index (χ2n) is 13.1. The Kier molecular flexibility index (Phi) is 8.91. The van der Waals surface area contributed by atoms with Crippen molar-refractivity contribution >= 4 is 34.3 Å². The van der Waals surface area contributed by atoms with E-state index in [0.29, 0.717) is 31.7 Å². The number of hydrogen-bond donors (Lipinski definition) is 1. The van der Waals surface area contributed by atoms with Crippen molar-refractivity contribution in [2.75, 3.05) is 68.1 Å². The minimum absolute atomic E-state index is 0.248. The van der Waals surface area contributed by atoms with Gasteiger partial charge in [0.15, 0.2) is 0 Å². The number of fused-ring (bicyclic) bond motifs is 2. The number of carbonyl (C=O) groups is 1. The average Bonchev–Trinajstić information content (AvgIpc) is 3.53. The van der Waals surface area contributed by atoms with Crippen LogP contribution in [0.25, 0.3) is 10.8 Å². The fourth-order valence-corrected chi connectivity index (χ4v) is 7.31. The fraction of sp³-hybridized carbons (Fsp3) is 0.405. The van der Waals surface area contributed by atoms with Gasteiger partial charge in [-0.25, -0.2) is 9.78 Å². The van der Waals surface area contributed by atoms with E-state index in [9.17, 15) is 15.2 Å². The van der Waals surface area contributed by atoms with Crippen LogP contribution in [0.15, 0.2) is 66.7 Å². The van der Waals surface area contributed by atoms with Crippen molar-refractivity contribution in [1.82, 2.24) is 19.8 Å². The van der Waals surface area contributed by atoms with Gasteiger partial charge in [-0.2, -0.15) is 10.2 Å². The van der Waals surface area contributed by atoms with Crippen LogP contribution in [0.4, 0.5) is 22.2 Å². The molecule has 2 atom stereocenters. The number of ether oxygens (including phenoxy) is 1. The van der Waals surface area contributed by atoms with E-state index in [1.165, 1.54) is 11.3 Å². The second kappa shape index (κ2) is 13.6. The Balaban J connectivity index is 1.23. The zero-order valence-corrected chi connectivity index (χ0v) is 27.6. The van der Waals surface area contributed by atoms with Gasteiger partial charge in [0.2, 0.25) is 5.95 Å². The number of piperazine rings is 1. The van der Waals surface area contributed by atoms with Crippen LogP contribution in [0, 0.1) is 11.3 Å². The van der Waals surface area contributed by atoms with Crippen molar-refractivity contribution in [3.63, 3.8) is 0 Å². The van der Waals surface area contributed by atoms with Crippen LogP contribution < -0.4 is 19.4 Å². The Hall–Kier alpha value is -5.08. The molecule has 11 heteroatoms. The van der Waals surface area contributed by atoms with E-state index in [4.69, 9.17) is 14.7 Å². The van der Waals surface area contributed by atoms with Gasteiger partial charge in [-0.15, -0.1) is 0 Å². The molecule has 4 aromatic rings. The highest BCUT2D eigenvalue weighted by Crippen LogP contribution is 2.37. The van der Waals surface area contributed by atoms with Gasteiger partial charge in [-0.05, 0) is 49.9 Å². The van der Waals surface area contributed by atoms with Crippen LogP contribution in [-0.4, -0.2) is 96.4 Å². The van der Waals surface area contributed by atoms with Gasteiger partial charge in [0.05, 0.1) is 24.9 Å². The quantitative estimate of drug-likeness (QED) is 0.281. The van der Waals surface area contributed by atoms with Gasteiger partial charge in [0.1, 0.15) is 24.2 Å². The minimum Gasteiger partial charge on any atom is -0.489 e. The monoisotopic (exact) mass is 646 g/mol. The molecule has 0 spiro atoms. The smallest absolute Gasteiger partial charge is 0.408 e. The number of likely N-dealkylation sites (tertiary alicyclic amines) is 1. The summed E-state index contributed by atoms with van der Waals surface area (Å²) in [7, 11) is 4.23. The molecule has 2 fully saturated rings. The lowest BCUT2D eigenvalue weighted by molar-refractivity contribution is 0.130. The Bertz CT molecular complexity index is 1830.